The van der Waals surface area contributed by atoms with E-state index in [-0.39, 0.29) is 36.2 Å². The molecule has 1 fully saturated rings. The fraction of sp³-hybridized carbons (Fsp3) is 0.875. The minimum atomic E-state index is -0.437. The highest BCUT2D eigenvalue weighted by Crippen LogP contribution is 2.18. The van der Waals surface area contributed by atoms with Crippen LogP contribution >= 0.6 is 24.2 Å². The van der Waals surface area contributed by atoms with Crippen LogP contribution in [0.2, 0.25) is 0 Å². The first kappa shape index (κ1) is 22.5. The van der Waals surface area contributed by atoms with Gasteiger partial charge >= 0.3 is 0 Å². The average molecular weight is 366 g/mol. The van der Waals surface area contributed by atoms with Gasteiger partial charge in [0.2, 0.25) is 11.8 Å². The molecule has 0 radical (unpaired) electrons. The van der Waals surface area contributed by atoms with Crippen LogP contribution < -0.4 is 11.1 Å². The highest BCUT2D eigenvalue weighted by molar-refractivity contribution is 7.98. The van der Waals surface area contributed by atoms with Gasteiger partial charge in [0, 0.05) is 19.1 Å². The van der Waals surface area contributed by atoms with Gasteiger partial charge in [0.05, 0.1) is 12.0 Å². The third-order valence-corrected chi connectivity index (χ3v) is 4.81. The van der Waals surface area contributed by atoms with Gasteiger partial charge in [-0.25, -0.2) is 0 Å². The number of hydrogen-bond acceptors (Lipinski definition) is 4. The Bertz CT molecular complexity index is 371. The van der Waals surface area contributed by atoms with E-state index in [1.165, 1.54) is 0 Å². The lowest BCUT2D eigenvalue weighted by Gasteiger charge is -2.34. The molecule has 0 aromatic heterocycles. The van der Waals surface area contributed by atoms with E-state index in [9.17, 15) is 9.59 Å². The molecule has 1 rings (SSSR count). The number of likely N-dealkylation sites (tertiary alicyclic amines) is 1. The first-order chi connectivity index (χ1) is 10.5. The minimum Gasteiger partial charge on any atom is -0.353 e. The summed E-state index contributed by atoms with van der Waals surface area (Å²) in [5.74, 6) is 0.869. The van der Waals surface area contributed by atoms with Gasteiger partial charge in [-0.1, -0.05) is 13.3 Å². The summed E-state index contributed by atoms with van der Waals surface area (Å²) in [5.41, 5.74) is 5.97. The summed E-state index contributed by atoms with van der Waals surface area (Å²) in [6.07, 6.45) is 6.48. The zero-order chi connectivity index (χ0) is 16.5. The highest BCUT2D eigenvalue weighted by Gasteiger charge is 2.30. The van der Waals surface area contributed by atoms with Gasteiger partial charge in [-0.2, -0.15) is 11.8 Å². The maximum atomic E-state index is 12.4. The topological polar surface area (TPSA) is 75.4 Å². The predicted molar refractivity (Wildman–Crippen MR) is 100 cm³/mol. The van der Waals surface area contributed by atoms with Crippen LogP contribution in [0, 0.1) is 5.92 Å². The van der Waals surface area contributed by atoms with E-state index in [2.05, 4.69) is 12.2 Å². The van der Waals surface area contributed by atoms with Gasteiger partial charge in [0.1, 0.15) is 0 Å². The molecule has 7 heteroatoms. The van der Waals surface area contributed by atoms with Crippen LogP contribution in [0.1, 0.15) is 46.0 Å². The smallest absolute Gasteiger partial charge is 0.239 e. The second-order valence-corrected chi connectivity index (χ2v) is 7.20. The van der Waals surface area contributed by atoms with Crippen molar-refractivity contribution in [2.45, 2.75) is 58.0 Å². The molecule has 23 heavy (non-hydrogen) atoms. The fourth-order valence-electron chi connectivity index (χ4n) is 2.86. The van der Waals surface area contributed by atoms with E-state index in [1.807, 2.05) is 13.2 Å². The maximum absolute atomic E-state index is 12.4. The second kappa shape index (κ2) is 12.0. The molecule has 1 heterocycles. The predicted octanol–water partition coefficient (Wildman–Crippen LogP) is 2.03. The molecule has 0 aromatic rings. The third-order valence-electron chi connectivity index (χ3n) is 4.16. The van der Waals surface area contributed by atoms with Crippen molar-refractivity contribution in [2.75, 3.05) is 25.1 Å². The molecule has 0 aliphatic carbocycles. The SMILES string of the molecule is CCCC(C)NC(=O)C1CCCN(C(=O)[C@@H](N)CCSC)C1.Cl. The molecule has 0 aromatic carbocycles. The van der Waals surface area contributed by atoms with E-state index >= 15 is 0 Å². The number of halogens is 1. The van der Waals surface area contributed by atoms with Crippen LogP contribution in [0.3, 0.4) is 0 Å². The zero-order valence-corrected chi connectivity index (χ0v) is 16.2. The Morgan fingerprint density at radius 1 is 1.39 bits per heavy atom. The number of nitrogens with zero attached hydrogens (tertiary/aromatic N) is 1. The summed E-state index contributed by atoms with van der Waals surface area (Å²) in [7, 11) is 0. The van der Waals surface area contributed by atoms with Gasteiger partial charge in [0.25, 0.3) is 0 Å². The lowest BCUT2D eigenvalue weighted by Crippen LogP contribution is -2.51. The van der Waals surface area contributed by atoms with Crippen LogP contribution in [0.15, 0.2) is 0 Å². The monoisotopic (exact) mass is 365 g/mol. The Labute approximate surface area is 150 Å². The standard InChI is InChI=1S/C16H31N3O2S.ClH/c1-4-6-12(2)18-15(20)13-7-5-9-19(11-13)16(21)14(17)8-10-22-3;/h12-14H,4-11,17H2,1-3H3,(H,18,20);1H/t12?,13?,14-;/m0./s1. The summed E-state index contributed by atoms with van der Waals surface area (Å²) in [4.78, 5) is 26.4. The number of amides is 2. The minimum absolute atomic E-state index is 0. The Hall–Kier alpha value is -0.460. The molecule has 0 spiro atoms. The number of nitrogens with two attached hydrogens (primary N) is 1. The van der Waals surface area contributed by atoms with Crippen LogP contribution in [-0.4, -0.2) is 53.9 Å². The summed E-state index contributed by atoms with van der Waals surface area (Å²) in [5, 5.41) is 3.06. The Morgan fingerprint density at radius 2 is 2.09 bits per heavy atom. The Kier molecular flexibility index (Phi) is 11.7. The summed E-state index contributed by atoms with van der Waals surface area (Å²) >= 11 is 1.70. The van der Waals surface area contributed by atoms with Gasteiger partial charge < -0.3 is 16.0 Å². The van der Waals surface area contributed by atoms with E-state index in [0.717, 1.165) is 38.0 Å². The molecule has 1 aliphatic rings. The molecule has 136 valence electrons. The van der Waals surface area contributed by atoms with Crippen molar-refractivity contribution < 1.29 is 9.59 Å². The van der Waals surface area contributed by atoms with E-state index in [1.54, 1.807) is 16.7 Å². The van der Waals surface area contributed by atoms with Crippen LogP contribution in [0.5, 0.6) is 0 Å². The van der Waals surface area contributed by atoms with Crippen molar-refractivity contribution in [3.05, 3.63) is 0 Å². The number of piperidine rings is 1. The molecular weight excluding hydrogens is 334 g/mol. The van der Waals surface area contributed by atoms with Crippen molar-refractivity contribution in [2.24, 2.45) is 11.7 Å². The third kappa shape index (κ3) is 7.77. The lowest BCUT2D eigenvalue weighted by molar-refractivity contribution is -0.137. The first-order valence-corrected chi connectivity index (χ1v) is 9.72. The van der Waals surface area contributed by atoms with Crippen LogP contribution in [0.25, 0.3) is 0 Å². The molecule has 3 N–H and O–H groups in total. The molecular formula is C16H32ClN3O2S. The first-order valence-electron chi connectivity index (χ1n) is 8.33. The summed E-state index contributed by atoms with van der Waals surface area (Å²) in [6, 6.07) is -0.235. The highest BCUT2D eigenvalue weighted by atomic mass is 35.5. The largest absolute Gasteiger partial charge is 0.353 e. The van der Waals surface area contributed by atoms with E-state index in [0.29, 0.717) is 13.0 Å². The second-order valence-electron chi connectivity index (χ2n) is 6.21. The molecule has 2 amide bonds. The fourth-order valence-corrected chi connectivity index (χ4v) is 3.35. The molecule has 1 saturated heterocycles. The number of hydrogen-bond donors (Lipinski definition) is 2. The van der Waals surface area contributed by atoms with Crippen LogP contribution in [-0.2, 0) is 9.59 Å². The van der Waals surface area contributed by atoms with Gasteiger partial charge in [-0.3, -0.25) is 9.59 Å². The van der Waals surface area contributed by atoms with Gasteiger partial charge in [0.15, 0.2) is 0 Å². The molecule has 5 nitrogen and oxygen atoms in total. The Balaban J connectivity index is 0.00000484. The average Bonchev–Trinajstić information content (AvgIpc) is 2.52. The Morgan fingerprint density at radius 3 is 2.70 bits per heavy atom. The van der Waals surface area contributed by atoms with Crippen molar-refractivity contribution in [1.82, 2.24) is 10.2 Å². The number of carbonyl (C=O) groups is 2. The number of rotatable bonds is 8. The normalized spacial score (nSPS) is 20.3. The van der Waals surface area contributed by atoms with Crippen molar-refractivity contribution in [3.8, 4) is 0 Å². The van der Waals surface area contributed by atoms with E-state index < -0.39 is 6.04 Å². The van der Waals surface area contributed by atoms with Crippen molar-refractivity contribution in [3.63, 3.8) is 0 Å². The molecule has 0 saturated carbocycles. The van der Waals surface area contributed by atoms with Crippen molar-refractivity contribution in [1.29, 1.82) is 0 Å². The molecule has 0 bridgehead atoms. The quantitative estimate of drug-likeness (QED) is 0.690. The summed E-state index contributed by atoms with van der Waals surface area (Å²) < 4.78 is 0. The number of nitrogens with one attached hydrogen (secondary N) is 1. The maximum Gasteiger partial charge on any atom is 0.239 e. The molecule has 1 aliphatic heterocycles. The van der Waals surface area contributed by atoms with E-state index in [4.69, 9.17) is 5.73 Å². The van der Waals surface area contributed by atoms with Gasteiger partial charge in [-0.05, 0) is 44.6 Å². The summed E-state index contributed by atoms with van der Waals surface area (Å²) in [6.45, 7) is 5.38. The molecule has 3 atom stereocenters. The number of thioether (sulfide) groups is 1. The number of carbonyl (C=O) groups excluding carboxylic acids is 2. The zero-order valence-electron chi connectivity index (χ0n) is 14.5. The van der Waals surface area contributed by atoms with Crippen molar-refractivity contribution >= 4 is 36.0 Å². The molecule has 2 unspecified atom stereocenters. The lowest BCUT2D eigenvalue weighted by atomic mass is 9.96. The van der Waals surface area contributed by atoms with Gasteiger partial charge in [-0.15, -0.1) is 12.4 Å². The van der Waals surface area contributed by atoms with Crippen LogP contribution in [0.4, 0.5) is 0 Å².